The number of fused-ring (bicyclic) bond motifs is 15. The van der Waals surface area contributed by atoms with Crippen molar-refractivity contribution in [1.29, 1.82) is 0 Å². The molecule has 2 aromatic heterocycles. The first-order chi connectivity index (χ1) is 37.4. The Balaban J connectivity index is 1.08. The fraction of sp³-hybridized carbons (Fsp3) is 0.333. The van der Waals surface area contributed by atoms with Crippen molar-refractivity contribution in [3.8, 4) is 0 Å². The largest absolute Gasteiger partial charge is 0.456 e. The number of furan rings is 1. The van der Waals surface area contributed by atoms with E-state index in [-0.39, 0.29) is 39.3 Å². The number of thiophene rings is 1. The smallest absolute Gasteiger partial charge is 0.252 e. The fourth-order valence-electron chi connectivity index (χ4n) is 16.6. The van der Waals surface area contributed by atoms with Gasteiger partial charge in [-0.05, 0) is 178 Å². The third kappa shape index (κ3) is 6.14. The Morgan fingerprint density at radius 2 is 1.01 bits per heavy atom. The van der Waals surface area contributed by atoms with E-state index in [9.17, 15) is 0 Å². The zero-order valence-electron chi connectivity index (χ0n) is 47.2. The van der Waals surface area contributed by atoms with Crippen LogP contribution in [0.4, 0.5) is 45.5 Å². The Kier molecular flexibility index (Phi) is 9.41. The van der Waals surface area contributed by atoms with E-state index < -0.39 is 0 Å². The molecule has 8 aromatic carbocycles. The average molecular weight is 1040 g/mol. The summed E-state index contributed by atoms with van der Waals surface area (Å²) < 4.78 is 9.60. The molecule has 1 saturated carbocycles. The highest BCUT2D eigenvalue weighted by Gasteiger charge is 2.58. The predicted octanol–water partition coefficient (Wildman–Crippen LogP) is 18.5. The van der Waals surface area contributed by atoms with Gasteiger partial charge in [0.25, 0.3) is 6.71 Å². The second-order valence-corrected chi connectivity index (χ2v) is 28.7. The monoisotopic (exact) mass is 1040 g/mol. The predicted molar refractivity (Wildman–Crippen MR) is 334 cm³/mol. The van der Waals surface area contributed by atoms with Crippen LogP contribution in [0.5, 0.6) is 0 Å². The molecule has 0 saturated heterocycles. The highest BCUT2D eigenvalue weighted by atomic mass is 32.1. The van der Waals surface area contributed by atoms with Crippen LogP contribution >= 0.6 is 11.3 Å². The third-order valence-corrected chi connectivity index (χ3v) is 22.7. The molecule has 78 heavy (non-hydrogen) atoms. The maximum absolute atomic E-state index is 6.97. The Labute approximate surface area is 465 Å². The summed E-state index contributed by atoms with van der Waals surface area (Å²) >= 11 is 1.93. The van der Waals surface area contributed by atoms with Crippen LogP contribution in [0.25, 0.3) is 42.1 Å². The Hall–Kier alpha value is -6.76. The topological polar surface area (TPSA) is 22.9 Å². The minimum Gasteiger partial charge on any atom is -0.456 e. The maximum Gasteiger partial charge on any atom is 0.252 e. The Bertz CT molecular complexity index is 4270. The normalized spacial score (nSPS) is 22.7. The summed E-state index contributed by atoms with van der Waals surface area (Å²) in [6, 6.07) is 57.5. The van der Waals surface area contributed by atoms with Gasteiger partial charge in [0, 0.05) is 71.5 Å². The van der Waals surface area contributed by atoms with E-state index in [2.05, 4.69) is 230 Å². The van der Waals surface area contributed by atoms with Gasteiger partial charge in [-0.25, -0.2) is 0 Å². The lowest BCUT2D eigenvalue weighted by Gasteiger charge is -2.51. The number of rotatable bonds is 3. The molecule has 1 fully saturated rings. The summed E-state index contributed by atoms with van der Waals surface area (Å²) in [7, 11) is 0. The van der Waals surface area contributed by atoms with Gasteiger partial charge in [0.1, 0.15) is 11.2 Å². The van der Waals surface area contributed by atoms with Crippen molar-refractivity contribution >= 4 is 122 Å². The summed E-state index contributed by atoms with van der Waals surface area (Å²) in [6.07, 6.45) is 9.42. The molecule has 5 heterocycles. The summed E-state index contributed by atoms with van der Waals surface area (Å²) in [5.41, 5.74) is 23.5. The molecule has 3 aliphatic heterocycles. The summed E-state index contributed by atoms with van der Waals surface area (Å²) in [6.45, 7) is 25.0. The van der Waals surface area contributed by atoms with E-state index in [4.69, 9.17) is 4.42 Å². The van der Waals surface area contributed by atoms with Gasteiger partial charge in [0.15, 0.2) is 0 Å². The van der Waals surface area contributed by atoms with Crippen molar-refractivity contribution in [2.45, 2.75) is 153 Å². The summed E-state index contributed by atoms with van der Waals surface area (Å²) in [4.78, 5) is 8.31. The van der Waals surface area contributed by atoms with E-state index in [0.717, 1.165) is 47.6 Å². The Morgan fingerprint density at radius 1 is 0.410 bits per heavy atom. The molecular weight excluding hydrogens is 966 g/mol. The number of hydrogen-bond acceptors (Lipinski definition) is 5. The van der Waals surface area contributed by atoms with E-state index in [1.165, 1.54) is 136 Å². The molecule has 16 rings (SSSR count). The Morgan fingerprint density at radius 3 is 1.79 bits per heavy atom. The zero-order valence-corrected chi connectivity index (χ0v) is 48.1. The zero-order chi connectivity index (χ0) is 53.2. The van der Waals surface area contributed by atoms with Gasteiger partial charge < -0.3 is 19.1 Å². The first kappa shape index (κ1) is 47.3. The minimum absolute atomic E-state index is 0.00460. The van der Waals surface area contributed by atoms with Crippen LogP contribution in [0.1, 0.15) is 148 Å². The molecule has 6 aliphatic rings. The SMILES string of the molecule is CC1(C)CCC(C)(C)c2cc(N3c4cc5c(cc4B4c6cc7oc8ccccc8c7cc6N(c6cccc7c6sc6ccccc67)c6cc(N7c8ccccc8C8(C)CCCCC78C)cc3c64)C(C)(C)CCC5(C)C)ccc21. The number of anilines is 8. The summed E-state index contributed by atoms with van der Waals surface area (Å²) in [5.74, 6) is 0. The highest BCUT2D eigenvalue weighted by Crippen LogP contribution is 2.62. The van der Waals surface area contributed by atoms with Crippen molar-refractivity contribution in [2.75, 3.05) is 14.7 Å². The fourth-order valence-corrected chi connectivity index (χ4v) is 17.9. The van der Waals surface area contributed by atoms with Crippen LogP contribution in [0.15, 0.2) is 150 Å². The lowest BCUT2D eigenvalue weighted by atomic mass is 9.33. The highest BCUT2D eigenvalue weighted by molar-refractivity contribution is 7.26. The van der Waals surface area contributed by atoms with Crippen LogP contribution in [-0.2, 0) is 27.1 Å². The van der Waals surface area contributed by atoms with Crippen molar-refractivity contribution in [1.82, 2.24) is 0 Å². The maximum atomic E-state index is 6.97. The van der Waals surface area contributed by atoms with Crippen LogP contribution in [0.3, 0.4) is 0 Å². The van der Waals surface area contributed by atoms with E-state index in [1.54, 1.807) is 0 Å². The van der Waals surface area contributed by atoms with Crippen LogP contribution < -0.4 is 31.1 Å². The van der Waals surface area contributed by atoms with E-state index in [1.807, 2.05) is 11.3 Å². The number of hydrogen-bond donors (Lipinski definition) is 0. The van der Waals surface area contributed by atoms with Gasteiger partial charge in [0.2, 0.25) is 0 Å². The third-order valence-electron chi connectivity index (χ3n) is 21.5. The molecule has 0 radical (unpaired) electrons. The number of benzene rings is 8. The van der Waals surface area contributed by atoms with Crippen LogP contribution in [-0.4, -0.2) is 12.3 Å². The molecule has 0 N–H and O–H groups in total. The van der Waals surface area contributed by atoms with E-state index >= 15 is 0 Å². The molecule has 388 valence electrons. The van der Waals surface area contributed by atoms with Crippen molar-refractivity contribution < 1.29 is 4.42 Å². The van der Waals surface area contributed by atoms with Crippen molar-refractivity contribution in [3.63, 3.8) is 0 Å². The molecule has 6 heteroatoms. The van der Waals surface area contributed by atoms with Gasteiger partial charge in [-0.2, -0.15) is 0 Å². The minimum atomic E-state index is -0.145. The van der Waals surface area contributed by atoms with Crippen molar-refractivity contribution in [3.05, 3.63) is 173 Å². The van der Waals surface area contributed by atoms with Crippen LogP contribution in [0.2, 0.25) is 0 Å². The number of nitrogens with zero attached hydrogens (tertiary/aromatic N) is 3. The van der Waals surface area contributed by atoms with E-state index in [0.29, 0.717) is 0 Å². The van der Waals surface area contributed by atoms with Gasteiger partial charge in [-0.1, -0.05) is 154 Å². The molecule has 3 aliphatic carbocycles. The first-order valence-corrected chi connectivity index (χ1v) is 30.1. The molecular formula is C72H70BN3OS. The molecule has 4 nitrogen and oxygen atoms in total. The van der Waals surface area contributed by atoms with Gasteiger partial charge in [-0.15, -0.1) is 11.3 Å². The summed E-state index contributed by atoms with van der Waals surface area (Å²) in [5, 5.41) is 4.93. The standard InChI is InChI=1S/C72H70BN3OS/c1-67(2)32-33-68(3,4)51-36-43(28-29-49(51)67)74-59-41-53-52(69(5,6)34-35-70(53,7)8)40-54(59)73-55-42-63-48(45-20-11-15-26-62(45)77-63)39-58(55)75(57-25-19-22-47-46-21-12-16-27-64(46)78-66(47)57)61-38-44(37-60(74)65(61)73)76-56-24-14-13-23-50(56)71(9)30-17-18-31-72(71,76)10/h11-16,19-29,36-42H,17-18,30-35H2,1-10H3. The molecule has 2 unspecified atom stereocenters. The van der Waals surface area contributed by atoms with Crippen LogP contribution in [0, 0.1) is 0 Å². The lowest BCUT2D eigenvalue weighted by Crippen LogP contribution is -2.62. The molecule has 2 atom stereocenters. The average Bonchev–Trinajstić information content (AvgIpc) is 4.12. The first-order valence-electron chi connectivity index (χ1n) is 29.2. The lowest BCUT2D eigenvalue weighted by molar-refractivity contribution is 0.195. The molecule has 0 amide bonds. The van der Waals surface area contributed by atoms with Gasteiger partial charge in [0.05, 0.1) is 15.9 Å². The number of para-hydroxylation sites is 2. The molecule has 0 spiro atoms. The second-order valence-electron chi connectivity index (χ2n) is 27.6. The quantitative estimate of drug-likeness (QED) is 0.165. The molecule has 10 aromatic rings. The molecule has 0 bridgehead atoms. The second kappa shape index (κ2) is 15.5. The van der Waals surface area contributed by atoms with Crippen molar-refractivity contribution in [2.24, 2.45) is 0 Å². The van der Waals surface area contributed by atoms with Gasteiger partial charge >= 0.3 is 0 Å². The van der Waals surface area contributed by atoms with Gasteiger partial charge in [-0.3, -0.25) is 0 Å².